The summed E-state index contributed by atoms with van der Waals surface area (Å²) in [7, 11) is 2.90. The molecular formula is C25H24N4O5S. The number of fused-ring (bicyclic) bond motifs is 1. The van der Waals surface area contributed by atoms with Crippen molar-refractivity contribution in [1.29, 1.82) is 0 Å². The lowest BCUT2D eigenvalue weighted by atomic mass is 10.2. The van der Waals surface area contributed by atoms with Gasteiger partial charge in [-0.2, -0.15) is 0 Å². The van der Waals surface area contributed by atoms with E-state index >= 15 is 0 Å². The first-order valence-electron chi connectivity index (χ1n) is 10.7. The van der Waals surface area contributed by atoms with Crippen molar-refractivity contribution in [2.24, 2.45) is 0 Å². The predicted molar refractivity (Wildman–Crippen MR) is 136 cm³/mol. The van der Waals surface area contributed by atoms with Crippen molar-refractivity contribution in [2.75, 3.05) is 24.9 Å². The monoisotopic (exact) mass is 492 g/mol. The fourth-order valence-corrected chi connectivity index (χ4v) is 4.59. The highest BCUT2D eigenvalue weighted by molar-refractivity contribution is 7.18. The summed E-state index contributed by atoms with van der Waals surface area (Å²) in [6.45, 7) is 3.58. The number of methoxy groups -OCH3 is 2. The molecule has 180 valence electrons. The number of aromatic nitrogens is 2. The molecule has 0 aliphatic rings. The van der Waals surface area contributed by atoms with E-state index in [0.717, 1.165) is 10.4 Å². The third-order valence-electron chi connectivity index (χ3n) is 5.55. The van der Waals surface area contributed by atoms with E-state index in [0.29, 0.717) is 38.7 Å². The van der Waals surface area contributed by atoms with Crippen LogP contribution in [-0.2, 0) is 11.3 Å². The normalized spacial score (nSPS) is 10.7. The van der Waals surface area contributed by atoms with Crippen molar-refractivity contribution in [2.45, 2.75) is 20.4 Å². The fraction of sp³-hybridized carbons (Fsp3) is 0.200. The van der Waals surface area contributed by atoms with Gasteiger partial charge in [-0.3, -0.25) is 19.0 Å². The number of rotatable bonds is 7. The number of ether oxygens (including phenoxy) is 2. The quantitative estimate of drug-likeness (QED) is 0.404. The van der Waals surface area contributed by atoms with Crippen LogP contribution in [0.15, 0.2) is 53.6 Å². The Balaban J connectivity index is 1.57. The van der Waals surface area contributed by atoms with Gasteiger partial charge < -0.3 is 20.1 Å². The van der Waals surface area contributed by atoms with Crippen LogP contribution in [0.5, 0.6) is 11.5 Å². The second kappa shape index (κ2) is 9.98. The fourth-order valence-electron chi connectivity index (χ4n) is 3.60. The Morgan fingerprint density at radius 2 is 1.63 bits per heavy atom. The summed E-state index contributed by atoms with van der Waals surface area (Å²) in [5, 5.41) is 6.07. The first kappa shape index (κ1) is 24.0. The summed E-state index contributed by atoms with van der Waals surface area (Å²) < 4.78 is 12.1. The van der Waals surface area contributed by atoms with E-state index in [2.05, 4.69) is 15.6 Å². The molecule has 2 aromatic heterocycles. The Morgan fingerprint density at radius 3 is 2.26 bits per heavy atom. The van der Waals surface area contributed by atoms with Crippen LogP contribution in [0.4, 0.5) is 11.4 Å². The zero-order chi connectivity index (χ0) is 25.1. The van der Waals surface area contributed by atoms with E-state index in [9.17, 15) is 14.4 Å². The van der Waals surface area contributed by atoms with Gasteiger partial charge in [0.2, 0.25) is 5.91 Å². The van der Waals surface area contributed by atoms with Crippen molar-refractivity contribution in [3.8, 4) is 11.5 Å². The Kier molecular flexibility index (Phi) is 6.83. The zero-order valence-corrected chi connectivity index (χ0v) is 20.5. The smallest absolute Gasteiger partial charge is 0.262 e. The second-order valence-corrected chi connectivity index (χ2v) is 8.97. The maximum absolute atomic E-state index is 12.9. The van der Waals surface area contributed by atoms with Crippen LogP contribution >= 0.6 is 11.3 Å². The third-order valence-corrected chi connectivity index (χ3v) is 6.66. The van der Waals surface area contributed by atoms with Gasteiger partial charge in [-0.1, -0.05) is 18.2 Å². The van der Waals surface area contributed by atoms with E-state index in [4.69, 9.17) is 9.47 Å². The van der Waals surface area contributed by atoms with Crippen LogP contribution in [0.1, 0.15) is 20.8 Å². The minimum Gasteiger partial charge on any atom is -0.494 e. The van der Waals surface area contributed by atoms with Crippen molar-refractivity contribution >= 4 is 44.7 Å². The number of carbonyl (C=O) groups is 2. The summed E-state index contributed by atoms with van der Waals surface area (Å²) in [6, 6.07) is 11.9. The maximum atomic E-state index is 12.9. The summed E-state index contributed by atoms with van der Waals surface area (Å²) in [5.41, 5.74) is 1.80. The van der Waals surface area contributed by atoms with E-state index in [1.165, 1.54) is 36.5 Å². The topological polar surface area (TPSA) is 112 Å². The number of nitrogens with one attached hydrogen (secondary N) is 2. The van der Waals surface area contributed by atoms with Gasteiger partial charge in [0.05, 0.1) is 37.3 Å². The van der Waals surface area contributed by atoms with E-state index in [1.807, 2.05) is 19.9 Å². The number of hydrogen-bond donors (Lipinski definition) is 2. The average Bonchev–Trinajstić information content (AvgIpc) is 3.15. The molecular weight excluding hydrogens is 468 g/mol. The van der Waals surface area contributed by atoms with E-state index < -0.39 is 5.91 Å². The standard InChI is InChI=1S/C25H24N4O5S/c1-14-15(2)35-24-22(14)25(32)29(13-26-24)12-21(30)27-17-10-20(34-4)18(11-19(17)33-3)28-23(31)16-8-6-5-7-9-16/h5-11,13H,12H2,1-4H3,(H,27,30)(H,28,31). The Labute approximate surface area is 205 Å². The first-order valence-corrected chi connectivity index (χ1v) is 11.5. The molecule has 10 heteroatoms. The third kappa shape index (κ3) is 4.87. The first-order chi connectivity index (χ1) is 16.8. The summed E-state index contributed by atoms with van der Waals surface area (Å²) in [6.07, 6.45) is 1.37. The maximum Gasteiger partial charge on any atom is 0.262 e. The van der Waals surface area contributed by atoms with Crippen molar-refractivity contribution < 1.29 is 19.1 Å². The minimum atomic E-state index is -0.445. The number of anilines is 2. The highest BCUT2D eigenvalue weighted by Gasteiger charge is 2.18. The molecule has 0 saturated heterocycles. The molecule has 0 fully saturated rings. The number of nitrogens with zero attached hydrogens (tertiary/aromatic N) is 2. The van der Waals surface area contributed by atoms with Gasteiger partial charge in [0.25, 0.3) is 11.5 Å². The summed E-state index contributed by atoms with van der Waals surface area (Å²) in [4.78, 5) is 44.3. The Hall–Kier alpha value is -4.18. The highest BCUT2D eigenvalue weighted by atomic mass is 32.1. The molecule has 2 heterocycles. The minimum absolute atomic E-state index is 0.228. The molecule has 2 N–H and O–H groups in total. The number of benzene rings is 2. The van der Waals surface area contributed by atoms with Gasteiger partial charge >= 0.3 is 0 Å². The summed E-state index contributed by atoms with van der Waals surface area (Å²) in [5.74, 6) is -0.119. The molecule has 0 radical (unpaired) electrons. The largest absolute Gasteiger partial charge is 0.494 e. The van der Waals surface area contributed by atoms with Crippen molar-refractivity contribution in [3.05, 3.63) is 75.1 Å². The van der Waals surface area contributed by atoms with Crippen LogP contribution in [0.25, 0.3) is 10.2 Å². The van der Waals surface area contributed by atoms with Crippen LogP contribution in [0.3, 0.4) is 0 Å². The molecule has 4 aromatic rings. The molecule has 0 atom stereocenters. The molecule has 0 unspecified atom stereocenters. The lowest BCUT2D eigenvalue weighted by Gasteiger charge is -2.16. The molecule has 0 aliphatic carbocycles. The van der Waals surface area contributed by atoms with Gasteiger partial charge in [-0.25, -0.2) is 4.98 Å². The predicted octanol–water partition coefficient (Wildman–Crippen LogP) is 3.98. The number of amides is 2. The number of hydrogen-bond acceptors (Lipinski definition) is 7. The van der Waals surface area contributed by atoms with Crippen LogP contribution in [-0.4, -0.2) is 35.6 Å². The average molecular weight is 493 g/mol. The summed E-state index contributed by atoms with van der Waals surface area (Å²) >= 11 is 1.45. The van der Waals surface area contributed by atoms with Crippen LogP contribution in [0.2, 0.25) is 0 Å². The van der Waals surface area contributed by atoms with Gasteiger partial charge in [-0.05, 0) is 31.5 Å². The highest BCUT2D eigenvalue weighted by Crippen LogP contribution is 2.36. The SMILES string of the molecule is COc1cc(NC(=O)c2ccccc2)c(OC)cc1NC(=O)Cn1cnc2sc(C)c(C)c2c1=O. The van der Waals surface area contributed by atoms with Gasteiger partial charge in [0.15, 0.2) is 0 Å². The van der Waals surface area contributed by atoms with Gasteiger partial charge in [0.1, 0.15) is 22.9 Å². The Morgan fingerprint density at radius 1 is 1.00 bits per heavy atom. The molecule has 2 amide bonds. The molecule has 0 aliphatic heterocycles. The number of aryl methyl sites for hydroxylation is 2. The lowest BCUT2D eigenvalue weighted by molar-refractivity contribution is -0.116. The molecule has 2 aromatic carbocycles. The molecule has 9 nitrogen and oxygen atoms in total. The van der Waals surface area contributed by atoms with E-state index in [1.54, 1.807) is 36.4 Å². The lowest BCUT2D eigenvalue weighted by Crippen LogP contribution is -2.28. The van der Waals surface area contributed by atoms with E-state index in [-0.39, 0.29) is 18.0 Å². The second-order valence-electron chi connectivity index (χ2n) is 7.76. The molecule has 0 saturated carbocycles. The van der Waals surface area contributed by atoms with Gasteiger partial charge in [-0.15, -0.1) is 11.3 Å². The Bertz CT molecular complexity index is 1480. The van der Waals surface area contributed by atoms with Crippen LogP contribution < -0.4 is 25.7 Å². The number of thiophene rings is 1. The van der Waals surface area contributed by atoms with Crippen LogP contribution in [0, 0.1) is 13.8 Å². The number of carbonyl (C=O) groups excluding carboxylic acids is 2. The molecule has 0 bridgehead atoms. The van der Waals surface area contributed by atoms with Crippen molar-refractivity contribution in [1.82, 2.24) is 9.55 Å². The van der Waals surface area contributed by atoms with Gasteiger partial charge in [0, 0.05) is 22.6 Å². The molecule has 35 heavy (non-hydrogen) atoms. The molecule has 4 rings (SSSR count). The molecule has 0 spiro atoms. The van der Waals surface area contributed by atoms with Crippen molar-refractivity contribution in [3.63, 3.8) is 0 Å². The zero-order valence-electron chi connectivity index (χ0n) is 19.7.